The van der Waals surface area contributed by atoms with Crippen molar-refractivity contribution in [1.29, 1.82) is 0 Å². The largest absolute Gasteiger partial charge is 0.332 e. The van der Waals surface area contributed by atoms with Crippen LogP contribution in [0.15, 0.2) is 0 Å². The van der Waals surface area contributed by atoms with Crippen molar-refractivity contribution in [2.45, 2.75) is 71.9 Å². The van der Waals surface area contributed by atoms with Crippen LogP contribution in [0.4, 0.5) is 0 Å². The van der Waals surface area contributed by atoms with E-state index >= 15 is 0 Å². The van der Waals surface area contributed by atoms with Crippen LogP contribution >= 0.6 is 0 Å². The minimum absolute atomic E-state index is 0.958. The van der Waals surface area contributed by atoms with E-state index in [1.165, 1.54) is 62.3 Å². The lowest BCUT2D eigenvalue weighted by atomic mass is 10.1. The first-order valence-electron chi connectivity index (χ1n) is 7.58. The summed E-state index contributed by atoms with van der Waals surface area (Å²) in [6.07, 6.45) is 9.34. The Hall–Kier alpha value is -0.830. The molecular weight excluding hydrogens is 222 g/mol. The molecule has 0 saturated carbocycles. The Morgan fingerprint density at radius 3 is 2.78 bits per heavy atom. The predicted octanol–water partition coefficient (Wildman–Crippen LogP) is 3.20. The summed E-state index contributed by atoms with van der Waals surface area (Å²) in [6.45, 7) is 7.65. The highest BCUT2D eigenvalue weighted by Crippen LogP contribution is 2.17. The molecule has 0 bridgehead atoms. The molecule has 2 rings (SSSR count). The van der Waals surface area contributed by atoms with Gasteiger partial charge in [-0.15, -0.1) is 0 Å². The van der Waals surface area contributed by atoms with Crippen LogP contribution in [0.3, 0.4) is 0 Å². The SMILES string of the molecule is CCCCCCCCn1c(C)nc2c1CCNC2. The maximum Gasteiger partial charge on any atom is 0.106 e. The molecule has 1 aliphatic rings. The average Bonchev–Trinajstić information content (AvgIpc) is 2.70. The van der Waals surface area contributed by atoms with Crippen molar-refractivity contribution < 1.29 is 0 Å². The maximum atomic E-state index is 4.68. The van der Waals surface area contributed by atoms with E-state index in [0.717, 1.165) is 19.5 Å². The van der Waals surface area contributed by atoms with Crippen LogP contribution in [0.1, 0.15) is 62.7 Å². The van der Waals surface area contributed by atoms with Gasteiger partial charge < -0.3 is 9.88 Å². The molecule has 0 amide bonds. The van der Waals surface area contributed by atoms with E-state index in [9.17, 15) is 0 Å². The molecular formula is C15H27N3. The summed E-state index contributed by atoms with van der Waals surface area (Å²) in [5.74, 6) is 1.21. The predicted molar refractivity (Wildman–Crippen MR) is 75.8 cm³/mol. The molecule has 1 aromatic heterocycles. The Morgan fingerprint density at radius 1 is 1.17 bits per heavy atom. The Kier molecular flexibility index (Phi) is 5.24. The fraction of sp³-hybridized carbons (Fsp3) is 0.800. The van der Waals surface area contributed by atoms with E-state index in [4.69, 9.17) is 0 Å². The lowest BCUT2D eigenvalue weighted by molar-refractivity contribution is 0.529. The lowest BCUT2D eigenvalue weighted by Crippen LogP contribution is -2.25. The zero-order chi connectivity index (χ0) is 12.8. The summed E-state index contributed by atoms with van der Waals surface area (Å²) in [4.78, 5) is 4.68. The summed E-state index contributed by atoms with van der Waals surface area (Å²) in [7, 11) is 0. The molecule has 0 spiro atoms. The van der Waals surface area contributed by atoms with Gasteiger partial charge in [0, 0.05) is 31.7 Å². The number of rotatable bonds is 7. The minimum atomic E-state index is 0.958. The van der Waals surface area contributed by atoms with Crippen LogP contribution in [0.2, 0.25) is 0 Å². The van der Waals surface area contributed by atoms with Crippen molar-refractivity contribution in [2.24, 2.45) is 0 Å². The van der Waals surface area contributed by atoms with Gasteiger partial charge in [0.2, 0.25) is 0 Å². The molecule has 2 heterocycles. The van der Waals surface area contributed by atoms with Crippen LogP contribution in [0, 0.1) is 6.92 Å². The third-order valence-electron chi connectivity index (χ3n) is 3.91. The third-order valence-corrected chi connectivity index (χ3v) is 3.91. The van der Waals surface area contributed by atoms with Crippen molar-refractivity contribution in [1.82, 2.24) is 14.9 Å². The molecule has 0 saturated heterocycles. The fourth-order valence-corrected chi connectivity index (χ4v) is 2.85. The van der Waals surface area contributed by atoms with Crippen LogP contribution in [-0.2, 0) is 19.5 Å². The lowest BCUT2D eigenvalue weighted by Gasteiger charge is -2.15. The molecule has 3 heteroatoms. The molecule has 1 N–H and O–H groups in total. The van der Waals surface area contributed by atoms with Gasteiger partial charge in [0.25, 0.3) is 0 Å². The number of nitrogens with one attached hydrogen (secondary N) is 1. The normalized spacial score (nSPS) is 14.8. The van der Waals surface area contributed by atoms with Crippen molar-refractivity contribution in [2.75, 3.05) is 6.54 Å². The zero-order valence-electron chi connectivity index (χ0n) is 12.0. The summed E-state index contributed by atoms with van der Waals surface area (Å²) < 4.78 is 2.45. The molecule has 1 aliphatic heterocycles. The van der Waals surface area contributed by atoms with E-state index < -0.39 is 0 Å². The van der Waals surface area contributed by atoms with E-state index in [1.54, 1.807) is 0 Å². The standard InChI is InChI=1S/C15H27N3/c1-3-4-5-6-7-8-11-18-13(2)17-14-12-16-10-9-15(14)18/h16H,3-12H2,1-2H3. The van der Waals surface area contributed by atoms with Crippen LogP contribution in [-0.4, -0.2) is 16.1 Å². The smallest absolute Gasteiger partial charge is 0.106 e. The number of aromatic nitrogens is 2. The number of imidazole rings is 1. The van der Waals surface area contributed by atoms with Crippen LogP contribution in [0.25, 0.3) is 0 Å². The molecule has 18 heavy (non-hydrogen) atoms. The van der Waals surface area contributed by atoms with Crippen molar-refractivity contribution in [3.63, 3.8) is 0 Å². The second-order valence-corrected chi connectivity index (χ2v) is 5.40. The molecule has 0 fully saturated rings. The number of fused-ring (bicyclic) bond motifs is 1. The van der Waals surface area contributed by atoms with Crippen molar-refractivity contribution in [3.05, 3.63) is 17.2 Å². The Morgan fingerprint density at radius 2 is 1.94 bits per heavy atom. The van der Waals surface area contributed by atoms with Crippen molar-refractivity contribution >= 4 is 0 Å². The summed E-state index contributed by atoms with van der Waals surface area (Å²) in [6, 6.07) is 0. The molecule has 1 aromatic rings. The highest BCUT2D eigenvalue weighted by atomic mass is 15.1. The average molecular weight is 249 g/mol. The highest BCUT2D eigenvalue weighted by molar-refractivity contribution is 5.19. The first-order chi connectivity index (χ1) is 8.83. The number of aryl methyl sites for hydroxylation is 1. The van der Waals surface area contributed by atoms with Gasteiger partial charge in [-0.25, -0.2) is 4.98 Å². The Bertz CT molecular complexity index is 368. The van der Waals surface area contributed by atoms with E-state index in [-0.39, 0.29) is 0 Å². The van der Waals surface area contributed by atoms with Gasteiger partial charge in [0.1, 0.15) is 5.82 Å². The Balaban J connectivity index is 1.80. The molecule has 0 aromatic carbocycles. The molecule has 0 atom stereocenters. The van der Waals surface area contributed by atoms with E-state index in [1.807, 2.05) is 0 Å². The molecule has 0 unspecified atom stereocenters. The van der Waals surface area contributed by atoms with Gasteiger partial charge in [-0.1, -0.05) is 39.0 Å². The topological polar surface area (TPSA) is 29.9 Å². The fourth-order valence-electron chi connectivity index (χ4n) is 2.85. The van der Waals surface area contributed by atoms with Gasteiger partial charge in [-0.2, -0.15) is 0 Å². The zero-order valence-corrected chi connectivity index (χ0v) is 12.0. The van der Waals surface area contributed by atoms with Crippen LogP contribution < -0.4 is 5.32 Å². The van der Waals surface area contributed by atoms with Gasteiger partial charge in [0.15, 0.2) is 0 Å². The van der Waals surface area contributed by atoms with Gasteiger partial charge in [-0.3, -0.25) is 0 Å². The quantitative estimate of drug-likeness (QED) is 0.752. The van der Waals surface area contributed by atoms with Gasteiger partial charge in [0.05, 0.1) is 5.69 Å². The number of hydrogen-bond donors (Lipinski definition) is 1. The highest BCUT2D eigenvalue weighted by Gasteiger charge is 2.16. The Labute approximate surface area is 111 Å². The molecule has 102 valence electrons. The van der Waals surface area contributed by atoms with Gasteiger partial charge in [-0.05, 0) is 13.3 Å². The van der Waals surface area contributed by atoms with Gasteiger partial charge >= 0.3 is 0 Å². The third kappa shape index (κ3) is 3.35. The summed E-state index contributed by atoms with van der Waals surface area (Å²) in [5.41, 5.74) is 2.77. The van der Waals surface area contributed by atoms with Crippen LogP contribution in [0.5, 0.6) is 0 Å². The van der Waals surface area contributed by atoms with E-state index in [0.29, 0.717) is 0 Å². The summed E-state index contributed by atoms with van der Waals surface area (Å²) in [5, 5.41) is 3.40. The van der Waals surface area contributed by atoms with E-state index in [2.05, 4.69) is 28.7 Å². The number of unbranched alkanes of at least 4 members (excludes halogenated alkanes) is 5. The summed E-state index contributed by atoms with van der Waals surface area (Å²) >= 11 is 0. The number of hydrogen-bond acceptors (Lipinski definition) is 2. The first-order valence-corrected chi connectivity index (χ1v) is 7.58. The molecule has 0 aliphatic carbocycles. The first kappa shape index (κ1) is 13.6. The number of nitrogens with zero attached hydrogens (tertiary/aromatic N) is 2. The minimum Gasteiger partial charge on any atom is -0.332 e. The second-order valence-electron chi connectivity index (χ2n) is 5.40. The molecule has 0 radical (unpaired) electrons. The second kappa shape index (κ2) is 6.93. The maximum absolute atomic E-state index is 4.68. The monoisotopic (exact) mass is 249 g/mol. The van der Waals surface area contributed by atoms with Crippen molar-refractivity contribution in [3.8, 4) is 0 Å². The molecule has 3 nitrogen and oxygen atoms in total.